The predicted octanol–water partition coefficient (Wildman–Crippen LogP) is 0.652. The third kappa shape index (κ3) is 6.69. The number of fused-ring (bicyclic) bond motifs is 6. The first kappa shape index (κ1) is 44.4. The van der Waals surface area contributed by atoms with Crippen molar-refractivity contribution in [2.24, 2.45) is 0 Å². The van der Waals surface area contributed by atoms with E-state index in [0.29, 0.717) is 30.3 Å². The van der Waals surface area contributed by atoms with Crippen molar-refractivity contribution < 1.29 is 129 Å². The molecule has 0 unspecified atom stereocenters. The molecule has 26 heteroatoms. The number of aliphatic hydroxyl groups excluding tert-OH is 4. The number of benzene rings is 4. The van der Waals surface area contributed by atoms with Crippen LogP contribution >= 0.6 is 0 Å². The molecule has 1 aliphatic carbocycles. The largest absolute Gasteiger partial charge is 0.506 e. The van der Waals surface area contributed by atoms with Crippen molar-refractivity contribution in [2.45, 2.75) is 42.5 Å². The molecular formula is C41H30O26. The fraction of sp³-hybridized carbons (Fsp3) is 0.195. The fourth-order valence-electron chi connectivity index (χ4n) is 8.04. The van der Waals surface area contributed by atoms with Crippen LogP contribution < -0.4 is 0 Å². The minimum absolute atomic E-state index is 0.387. The number of hydrogen-bond acceptors (Lipinski definition) is 26. The number of rotatable bonds is 3. The van der Waals surface area contributed by atoms with Crippen LogP contribution in [-0.4, -0.2) is 149 Å². The molecule has 0 spiro atoms. The van der Waals surface area contributed by atoms with Gasteiger partial charge in [-0.25, -0.2) is 24.0 Å². The summed E-state index contributed by atoms with van der Waals surface area (Å²) >= 11 is 0. The molecule has 4 aromatic rings. The van der Waals surface area contributed by atoms with Crippen LogP contribution in [0.4, 0.5) is 0 Å². The molecule has 4 bridgehead atoms. The van der Waals surface area contributed by atoms with Crippen LogP contribution in [0.1, 0.15) is 64.6 Å². The maximum absolute atomic E-state index is 14.7. The van der Waals surface area contributed by atoms with Crippen molar-refractivity contribution in [1.82, 2.24) is 0 Å². The highest BCUT2D eigenvalue weighted by atomic mass is 16.6. The van der Waals surface area contributed by atoms with Gasteiger partial charge < -0.3 is 105 Å². The summed E-state index contributed by atoms with van der Waals surface area (Å²) in [6.07, 6.45) is -15.5. The van der Waals surface area contributed by atoms with E-state index in [9.17, 15) is 106 Å². The molecule has 5 aliphatic rings. The van der Waals surface area contributed by atoms with Crippen LogP contribution in [0.15, 0.2) is 47.4 Å². The Balaban J connectivity index is 1.40. The van der Waals surface area contributed by atoms with Crippen molar-refractivity contribution in [3.63, 3.8) is 0 Å². The number of phenols is 12. The number of carbonyl (C=O) groups excluding carboxylic acids is 5. The topological polar surface area (TPSA) is 455 Å². The van der Waals surface area contributed by atoms with Crippen LogP contribution in [-0.2, 0) is 28.5 Å². The highest BCUT2D eigenvalue weighted by molar-refractivity contribution is 6.10. The molecule has 0 aromatic heterocycles. The fourth-order valence-corrected chi connectivity index (χ4v) is 8.04. The molecule has 0 amide bonds. The first-order valence-electron chi connectivity index (χ1n) is 18.8. The zero-order valence-corrected chi connectivity index (χ0v) is 32.9. The second kappa shape index (κ2) is 15.5. The second-order valence-corrected chi connectivity index (χ2v) is 15.0. The molecule has 67 heavy (non-hydrogen) atoms. The zero-order valence-electron chi connectivity index (χ0n) is 32.9. The summed E-state index contributed by atoms with van der Waals surface area (Å²) in [5, 5.41) is 172. The Labute approximate surface area is 368 Å². The lowest BCUT2D eigenvalue weighted by Gasteiger charge is -2.41. The molecule has 0 radical (unpaired) electrons. The third-order valence-electron chi connectivity index (χ3n) is 11.2. The monoisotopic (exact) mass is 938 g/mol. The molecule has 4 aromatic carbocycles. The van der Waals surface area contributed by atoms with Crippen molar-refractivity contribution >= 4 is 29.8 Å². The van der Waals surface area contributed by atoms with Crippen molar-refractivity contribution in [1.29, 1.82) is 0 Å². The number of carbonyl (C=O) groups is 5. The summed E-state index contributed by atoms with van der Waals surface area (Å²) in [6, 6.07) is 1.87. The van der Waals surface area contributed by atoms with E-state index in [0.717, 1.165) is 0 Å². The molecule has 4 aliphatic heterocycles. The van der Waals surface area contributed by atoms with Gasteiger partial charge in [0.15, 0.2) is 87.7 Å². The van der Waals surface area contributed by atoms with Crippen LogP contribution in [0.2, 0.25) is 0 Å². The lowest BCUT2D eigenvalue weighted by atomic mass is 9.79. The minimum atomic E-state index is -2.77. The first-order chi connectivity index (χ1) is 31.5. The van der Waals surface area contributed by atoms with Crippen LogP contribution in [0, 0.1) is 0 Å². The van der Waals surface area contributed by atoms with Crippen molar-refractivity contribution in [3.05, 3.63) is 80.8 Å². The van der Waals surface area contributed by atoms with E-state index < -0.39 is 210 Å². The maximum atomic E-state index is 14.7. The van der Waals surface area contributed by atoms with Crippen molar-refractivity contribution in [2.75, 3.05) is 6.61 Å². The summed E-state index contributed by atoms with van der Waals surface area (Å²) in [6.45, 7) is -1.49. The highest BCUT2D eigenvalue weighted by Crippen LogP contribution is 2.58. The van der Waals surface area contributed by atoms with Crippen LogP contribution in [0.3, 0.4) is 0 Å². The zero-order chi connectivity index (χ0) is 49.0. The number of aromatic hydroxyl groups is 12. The van der Waals surface area contributed by atoms with Gasteiger partial charge in [-0.05, 0) is 30.3 Å². The second-order valence-electron chi connectivity index (χ2n) is 15.0. The van der Waals surface area contributed by atoms with E-state index in [1.54, 1.807) is 0 Å². The van der Waals surface area contributed by atoms with Gasteiger partial charge in [-0.2, -0.15) is 0 Å². The van der Waals surface area contributed by atoms with Crippen LogP contribution in [0.25, 0.3) is 11.1 Å². The number of hydrogen-bond donors (Lipinski definition) is 16. The van der Waals surface area contributed by atoms with E-state index in [-0.39, 0.29) is 0 Å². The maximum Gasteiger partial charge on any atom is 0.339 e. The van der Waals surface area contributed by atoms with Gasteiger partial charge in [0.2, 0.25) is 17.2 Å². The average Bonchev–Trinajstić information content (AvgIpc) is 3.29. The normalized spacial score (nSPS) is 23.5. The van der Waals surface area contributed by atoms with Crippen molar-refractivity contribution in [3.8, 4) is 80.1 Å². The predicted molar refractivity (Wildman–Crippen MR) is 207 cm³/mol. The Morgan fingerprint density at radius 1 is 0.507 bits per heavy atom. The summed E-state index contributed by atoms with van der Waals surface area (Å²) in [5.74, 6) is -29.9. The summed E-state index contributed by atoms with van der Waals surface area (Å²) in [5.41, 5.74) is -9.50. The van der Waals surface area contributed by atoms with Gasteiger partial charge in [0.25, 0.3) is 0 Å². The summed E-state index contributed by atoms with van der Waals surface area (Å²) in [7, 11) is 0. The summed E-state index contributed by atoms with van der Waals surface area (Å²) in [4.78, 5) is 71.0. The van der Waals surface area contributed by atoms with E-state index >= 15 is 0 Å². The Morgan fingerprint density at radius 2 is 1.04 bits per heavy atom. The van der Waals surface area contributed by atoms with E-state index in [1.807, 2.05) is 0 Å². The number of cyclic esters (lactones) is 2. The lowest BCUT2D eigenvalue weighted by Crippen LogP contribution is -2.56. The quantitative estimate of drug-likeness (QED) is 0.0761. The molecule has 0 saturated carbocycles. The van der Waals surface area contributed by atoms with Gasteiger partial charge in [0.05, 0.1) is 33.7 Å². The molecule has 7 atom stereocenters. The Hall–Kier alpha value is -9.17. The molecule has 0 saturated heterocycles. The molecule has 9 rings (SSSR count). The Kier molecular flexibility index (Phi) is 10.3. The highest BCUT2D eigenvalue weighted by Gasteiger charge is 2.55. The van der Waals surface area contributed by atoms with Gasteiger partial charge in [0.1, 0.15) is 18.8 Å². The van der Waals surface area contributed by atoms with E-state index in [4.69, 9.17) is 23.7 Å². The van der Waals surface area contributed by atoms with Gasteiger partial charge in [-0.1, -0.05) is 0 Å². The number of esters is 5. The SMILES string of the molecule is O=C1O[C@@H]([C@@H]2OC(=O)c3cc(O)c(O)c(O)c3-c3c(O)c(O)c(O)c4c3C(=O)O[C@@H]2[C@H]4O)[C@@H](OC(=O)c2cc(O)c(O)c(O)c2)COC(=O)c2cc(O)c(O)c(O)c2[C@H]2C1=CC(O)=C(O)[C@@H]2O. The number of allylic oxidation sites excluding steroid dienone is 1. The molecular weight excluding hydrogens is 908 g/mol. The summed E-state index contributed by atoms with van der Waals surface area (Å²) < 4.78 is 27.7. The standard InChI is InChI=1S/C41H30O26/c42-11-1-7(2-12(43)23(11)47)37(58)64-16-6-63-38(59)8-3-13(44)24(48)27(51)17(8)18-9(4-14(45)25(49)28(18)52)39(60)65-34(16)36-35-32(56)22-21(41(62)66-35)20(30(54)33(57)31(22)55)19-10(40(61)67-36)5-15(46)26(50)29(19)53/h1-5,16,18,28,32,34-36,42-57H,6H2/t16-,18+,28+,32-,34+,35+,36-/m0/s1. The molecule has 16 N–H and O–H groups in total. The first-order valence-corrected chi connectivity index (χ1v) is 18.8. The smallest absolute Gasteiger partial charge is 0.339 e. The number of aliphatic hydroxyl groups is 4. The van der Waals surface area contributed by atoms with Crippen LogP contribution in [0.5, 0.6) is 69.0 Å². The van der Waals surface area contributed by atoms with E-state index in [1.165, 1.54) is 0 Å². The average molecular weight is 939 g/mol. The number of ether oxygens (including phenoxy) is 5. The molecule has 26 nitrogen and oxygen atoms in total. The third-order valence-corrected chi connectivity index (χ3v) is 11.2. The Bertz CT molecular complexity index is 2960. The molecule has 350 valence electrons. The van der Waals surface area contributed by atoms with Gasteiger partial charge >= 0.3 is 29.8 Å². The van der Waals surface area contributed by atoms with Gasteiger partial charge in [-0.15, -0.1) is 0 Å². The number of phenolic OH excluding ortho intramolecular Hbond substituents is 12. The molecule has 0 fully saturated rings. The Morgan fingerprint density at radius 3 is 1.69 bits per heavy atom. The lowest BCUT2D eigenvalue weighted by molar-refractivity contribution is -0.182. The van der Waals surface area contributed by atoms with E-state index in [2.05, 4.69) is 0 Å². The van der Waals surface area contributed by atoms with Gasteiger partial charge in [0, 0.05) is 22.3 Å². The van der Waals surface area contributed by atoms with Gasteiger partial charge in [-0.3, -0.25) is 0 Å². The minimum Gasteiger partial charge on any atom is -0.506 e. The molecule has 4 heterocycles.